The topological polar surface area (TPSA) is 34.2 Å². The summed E-state index contributed by atoms with van der Waals surface area (Å²) in [5.41, 5.74) is 0.929. The second-order valence-electron chi connectivity index (χ2n) is 5.18. The van der Waals surface area contributed by atoms with Crippen molar-refractivity contribution < 1.29 is 9.13 Å². The van der Waals surface area contributed by atoms with E-state index < -0.39 is 0 Å². The molecule has 0 atom stereocenters. The molecule has 0 aliphatic heterocycles. The van der Waals surface area contributed by atoms with Crippen molar-refractivity contribution in [2.24, 2.45) is 5.92 Å². The van der Waals surface area contributed by atoms with Crippen LogP contribution in [0.3, 0.4) is 0 Å². The van der Waals surface area contributed by atoms with Crippen molar-refractivity contribution in [1.82, 2.24) is 10.3 Å². The van der Waals surface area contributed by atoms with E-state index in [0.717, 1.165) is 12.1 Å². The Morgan fingerprint density at radius 2 is 2.10 bits per heavy atom. The molecular weight excluding hydrogens is 291 g/mol. The SMILES string of the molecule is CC(C)CNCc1cnccc1Oc1ccc(F)cc1Cl. The molecule has 0 aliphatic rings. The van der Waals surface area contributed by atoms with Crippen LogP contribution in [0.15, 0.2) is 36.7 Å². The van der Waals surface area contributed by atoms with Gasteiger partial charge in [0.2, 0.25) is 0 Å². The predicted molar refractivity (Wildman–Crippen MR) is 82.3 cm³/mol. The third-order valence-electron chi connectivity index (χ3n) is 2.84. The molecule has 0 unspecified atom stereocenters. The molecule has 0 radical (unpaired) electrons. The largest absolute Gasteiger partial charge is 0.455 e. The Morgan fingerprint density at radius 3 is 2.81 bits per heavy atom. The van der Waals surface area contributed by atoms with Gasteiger partial charge >= 0.3 is 0 Å². The highest BCUT2D eigenvalue weighted by atomic mass is 35.5. The van der Waals surface area contributed by atoms with Gasteiger partial charge in [0.15, 0.2) is 0 Å². The second-order valence-corrected chi connectivity index (χ2v) is 5.59. The molecule has 1 heterocycles. The third kappa shape index (κ3) is 4.69. The molecule has 2 rings (SSSR count). The van der Waals surface area contributed by atoms with E-state index in [1.165, 1.54) is 18.2 Å². The lowest BCUT2D eigenvalue weighted by molar-refractivity contribution is 0.466. The van der Waals surface area contributed by atoms with Gasteiger partial charge in [-0.2, -0.15) is 0 Å². The number of aromatic nitrogens is 1. The number of hydrogen-bond donors (Lipinski definition) is 1. The summed E-state index contributed by atoms with van der Waals surface area (Å²) in [6.07, 6.45) is 3.40. The van der Waals surface area contributed by atoms with Gasteiger partial charge in [0.05, 0.1) is 5.02 Å². The van der Waals surface area contributed by atoms with E-state index in [-0.39, 0.29) is 10.8 Å². The Hall–Kier alpha value is -1.65. The number of pyridine rings is 1. The Bertz CT molecular complexity index is 605. The zero-order valence-electron chi connectivity index (χ0n) is 12.1. The van der Waals surface area contributed by atoms with E-state index in [4.69, 9.17) is 16.3 Å². The van der Waals surface area contributed by atoms with Crippen LogP contribution in [-0.4, -0.2) is 11.5 Å². The highest BCUT2D eigenvalue weighted by Gasteiger charge is 2.08. The Labute approximate surface area is 129 Å². The molecule has 2 aromatic rings. The molecule has 0 fully saturated rings. The monoisotopic (exact) mass is 308 g/mol. The summed E-state index contributed by atoms with van der Waals surface area (Å²) in [6.45, 7) is 5.85. The summed E-state index contributed by atoms with van der Waals surface area (Å²) in [5, 5.41) is 3.58. The number of nitrogens with zero attached hydrogens (tertiary/aromatic N) is 1. The summed E-state index contributed by atoms with van der Waals surface area (Å²) in [5.74, 6) is 1.27. The maximum atomic E-state index is 13.0. The first kappa shape index (κ1) is 15.7. The smallest absolute Gasteiger partial charge is 0.146 e. The van der Waals surface area contributed by atoms with Gasteiger partial charge in [-0.15, -0.1) is 0 Å². The molecule has 112 valence electrons. The van der Waals surface area contributed by atoms with Crippen LogP contribution in [-0.2, 0) is 6.54 Å². The van der Waals surface area contributed by atoms with Crippen LogP contribution in [0.2, 0.25) is 5.02 Å². The minimum absolute atomic E-state index is 0.243. The molecule has 3 nitrogen and oxygen atoms in total. The lowest BCUT2D eigenvalue weighted by atomic mass is 10.2. The predicted octanol–water partition coefficient (Wildman–Crippen LogP) is 4.41. The highest BCUT2D eigenvalue weighted by molar-refractivity contribution is 6.32. The van der Waals surface area contributed by atoms with Crippen molar-refractivity contribution in [3.63, 3.8) is 0 Å². The molecule has 0 aliphatic carbocycles. The molecule has 5 heteroatoms. The molecule has 1 N–H and O–H groups in total. The summed E-state index contributed by atoms with van der Waals surface area (Å²) < 4.78 is 18.8. The zero-order chi connectivity index (χ0) is 15.2. The van der Waals surface area contributed by atoms with E-state index in [2.05, 4.69) is 24.1 Å². The summed E-state index contributed by atoms with van der Waals surface area (Å²) in [6, 6.07) is 5.84. The normalized spacial score (nSPS) is 10.9. The van der Waals surface area contributed by atoms with Gasteiger partial charge < -0.3 is 10.1 Å². The van der Waals surface area contributed by atoms with Crippen molar-refractivity contribution in [2.45, 2.75) is 20.4 Å². The van der Waals surface area contributed by atoms with Gasteiger partial charge in [-0.25, -0.2) is 4.39 Å². The van der Waals surface area contributed by atoms with Crippen LogP contribution in [0.25, 0.3) is 0 Å². The van der Waals surface area contributed by atoms with Crippen LogP contribution in [0, 0.1) is 11.7 Å². The van der Waals surface area contributed by atoms with Crippen LogP contribution < -0.4 is 10.1 Å². The molecular formula is C16H18ClFN2O. The Morgan fingerprint density at radius 1 is 1.29 bits per heavy atom. The Balaban J connectivity index is 2.12. The summed E-state index contributed by atoms with van der Waals surface area (Å²) in [4.78, 5) is 4.11. The standard InChI is InChI=1S/C16H18ClFN2O/c1-11(2)8-20-10-12-9-19-6-5-15(12)21-16-4-3-13(18)7-14(16)17/h3-7,9,11,20H,8,10H2,1-2H3. The summed E-state index contributed by atoms with van der Waals surface area (Å²) in [7, 11) is 0. The van der Waals surface area contributed by atoms with Gasteiger partial charge in [0.1, 0.15) is 17.3 Å². The quantitative estimate of drug-likeness (QED) is 0.858. The zero-order valence-corrected chi connectivity index (χ0v) is 12.8. The van der Waals surface area contributed by atoms with Crippen molar-refractivity contribution in [3.05, 3.63) is 53.1 Å². The molecule has 0 spiro atoms. The number of nitrogens with one attached hydrogen (secondary N) is 1. The van der Waals surface area contributed by atoms with Crippen LogP contribution >= 0.6 is 11.6 Å². The van der Waals surface area contributed by atoms with E-state index in [9.17, 15) is 4.39 Å². The molecule has 1 aromatic carbocycles. The summed E-state index contributed by atoms with van der Waals surface area (Å²) >= 11 is 5.98. The van der Waals surface area contributed by atoms with Gasteiger partial charge in [-0.3, -0.25) is 4.98 Å². The van der Waals surface area contributed by atoms with Gasteiger partial charge in [-0.1, -0.05) is 25.4 Å². The minimum Gasteiger partial charge on any atom is -0.455 e. The number of benzene rings is 1. The minimum atomic E-state index is -0.388. The number of hydrogen-bond acceptors (Lipinski definition) is 3. The van der Waals surface area contributed by atoms with Crippen LogP contribution in [0.1, 0.15) is 19.4 Å². The fourth-order valence-electron chi connectivity index (χ4n) is 1.82. The van der Waals surface area contributed by atoms with E-state index in [1.807, 2.05) is 0 Å². The van der Waals surface area contributed by atoms with E-state index in [0.29, 0.717) is 24.0 Å². The average Bonchev–Trinajstić information content (AvgIpc) is 2.43. The van der Waals surface area contributed by atoms with Gasteiger partial charge in [0, 0.05) is 24.5 Å². The fourth-order valence-corrected chi connectivity index (χ4v) is 2.02. The number of halogens is 2. The molecule has 0 amide bonds. The number of rotatable bonds is 6. The first-order valence-electron chi connectivity index (χ1n) is 6.82. The van der Waals surface area contributed by atoms with Crippen molar-refractivity contribution in [3.8, 4) is 11.5 Å². The van der Waals surface area contributed by atoms with Gasteiger partial charge in [-0.05, 0) is 36.7 Å². The van der Waals surface area contributed by atoms with Crippen LogP contribution in [0.4, 0.5) is 4.39 Å². The third-order valence-corrected chi connectivity index (χ3v) is 3.14. The number of ether oxygens (including phenoxy) is 1. The fraction of sp³-hybridized carbons (Fsp3) is 0.312. The van der Waals surface area contributed by atoms with Gasteiger partial charge in [0.25, 0.3) is 0 Å². The molecule has 0 saturated heterocycles. The van der Waals surface area contributed by atoms with Crippen molar-refractivity contribution in [2.75, 3.05) is 6.54 Å². The second kappa shape index (κ2) is 7.38. The molecule has 0 bridgehead atoms. The lowest BCUT2D eigenvalue weighted by Gasteiger charge is -2.13. The Kier molecular flexibility index (Phi) is 5.53. The first-order valence-corrected chi connectivity index (χ1v) is 7.20. The van der Waals surface area contributed by atoms with E-state index in [1.54, 1.807) is 18.5 Å². The first-order chi connectivity index (χ1) is 10.1. The molecule has 1 aromatic heterocycles. The molecule has 0 saturated carbocycles. The van der Waals surface area contributed by atoms with Crippen LogP contribution in [0.5, 0.6) is 11.5 Å². The van der Waals surface area contributed by atoms with Crippen molar-refractivity contribution >= 4 is 11.6 Å². The maximum Gasteiger partial charge on any atom is 0.146 e. The highest BCUT2D eigenvalue weighted by Crippen LogP contribution is 2.31. The van der Waals surface area contributed by atoms with Crippen molar-refractivity contribution in [1.29, 1.82) is 0 Å². The average molecular weight is 309 g/mol. The maximum absolute atomic E-state index is 13.0. The molecule has 21 heavy (non-hydrogen) atoms. The lowest BCUT2D eigenvalue weighted by Crippen LogP contribution is -2.19. The van der Waals surface area contributed by atoms with E-state index >= 15 is 0 Å².